The molecule has 35 heavy (non-hydrogen) atoms. The van der Waals surface area contributed by atoms with Gasteiger partial charge in [-0.2, -0.15) is 8.42 Å². The lowest BCUT2D eigenvalue weighted by molar-refractivity contribution is -0.129. The lowest BCUT2D eigenvalue weighted by atomic mass is 10.1. The van der Waals surface area contributed by atoms with Crippen molar-refractivity contribution in [1.29, 1.82) is 0 Å². The van der Waals surface area contributed by atoms with Crippen molar-refractivity contribution in [3.63, 3.8) is 0 Å². The largest absolute Gasteiger partial charge is 0.493 e. The van der Waals surface area contributed by atoms with Crippen LogP contribution >= 0.6 is 0 Å². The number of amides is 4. The molecule has 0 aliphatic carbocycles. The van der Waals surface area contributed by atoms with Gasteiger partial charge in [0.2, 0.25) is 0 Å². The average molecular weight is 493 g/mol. The molecule has 1 aliphatic rings. The number of hydrogen-bond acceptors (Lipinski definition) is 7. The lowest BCUT2D eigenvalue weighted by Crippen LogP contribution is -2.54. The summed E-state index contributed by atoms with van der Waals surface area (Å²) in [5.74, 6) is -1.65. The molecule has 0 atom stereocenters. The molecule has 0 radical (unpaired) electrons. The number of urea groups is 1. The second-order valence-electron chi connectivity index (χ2n) is 7.45. The minimum atomic E-state index is -4.22. The first-order valence-electron chi connectivity index (χ1n) is 10.3. The molecule has 0 spiro atoms. The van der Waals surface area contributed by atoms with Crippen molar-refractivity contribution in [3.8, 4) is 11.5 Å². The van der Waals surface area contributed by atoms with Gasteiger partial charge in [0, 0.05) is 11.9 Å². The van der Waals surface area contributed by atoms with E-state index in [1.165, 1.54) is 43.5 Å². The third-order valence-corrected chi connectivity index (χ3v) is 6.51. The van der Waals surface area contributed by atoms with Crippen LogP contribution in [-0.2, 0) is 19.7 Å². The molecular formula is C25H20N2O7S. The number of ether oxygens (including phenoxy) is 1. The van der Waals surface area contributed by atoms with E-state index in [1.807, 2.05) is 0 Å². The Hall–Kier alpha value is -4.44. The fourth-order valence-corrected chi connectivity index (χ4v) is 4.74. The van der Waals surface area contributed by atoms with Gasteiger partial charge in [-0.05, 0) is 35.2 Å². The van der Waals surface area contributed by atoms with Gasteiger partial charge in [-0.1, -0.05) is 48.5 Å². The monoisotopic (exact) mass is 492 g/mol. The number of nitrogens with one attached hydrogen (secondary N) is 1. The Morgan fingerprint density at radius 3 is 2.49 bits per heavy atom. The Labute approximate surface area is 201 Å². The Kier molecular flexibility index (Phi) is 6.39. The molecule has 1 heterocycles. The number of nitrogens with zero attached hydrogens (tertiary/aromatic N) is 1. The van der Waals surface area contributed by atoms with Gasteiger partial charge in [-0.3, -0.25) is 19.8 Å². The highest BCUT2D eigenvalue weighted by molar-refractivity contribution is 7.87. The van der Waals surface area contributed by atoms with Crippen LogP contribution in [0, 0.1) is 0 Å². The van der Waals surface area contributed by atoms with Crippen LogP contribution in [0.25, 0.3) is 16.8 Å². The summed E-state index contributed by atoms with van der Waals surface area (Å²) in [7, 11) is -2.89. The van der Waals surface area contributed by atoms with E-state index >= 15 is 0 Å². The zero-order chi connectivity index (χ0) is 25.2. The molecule has 1 saturated heterocycles. The van der Waals surface area contributed by atoms with E-state index in [0.29, 0.717) is 10.9 Å². The standard InChI is InChI=1S/C25H20N2O7S/c1-3-13-27-24(29)19(23(28)26-25(27)30)14-16-11-12-20(21(15-16)33-2)34-35(31,32)22-10-6-8-17-7-4-5-9-18(17)22/h3-12,14-15H,1,13H2,2H3,(H,26,28,30)/b19-14-. The average Bonchev–Trinajstić information content (AvgIpc) is 2.84. The van der Waals surface area contributed by atoms with Gasteiger partial charge >= 0.3 is 16.1 Å². The third-order valence-electron chi connectivity index (χ3n) is 5.21. The van der Waals surface area contributed by atoms with Gasteiger partial charge in [-0.15, -0.1) is 6.58 Å². The van der Waals surface area contributed by atoms with Crippen molar-refractivity contribution in [2.24, 2.45) is 0 Å². The number of fused-ring (bicyclic) bond motifs is 1. The minimum absolute atomic E-state index is 0.000276. The van der Waals surface area contributed by atoms with Crippen LogP contribution in [0.4, 0.5) is 4.79 Å². The number of methoxy groups -OCH3 is 1. The van der Waals surface area contributed by atoms with E-state index < -0.39 is 28.0 Å². The van der Waals surface area contributed by atoms with E-state index in [9.17, 15) is 22.8 Å². The summed E-state index contributed by atoms with van der Waals surface area (Å²) in [6.45, 7) is 3.42. The summed E-state index contributed by atoms with van der Waals surface area (Å²) < 4.78 is 36.8. The highest BCUT2D eigenvalue weighted by Gasteiger charge is 2.35. The highest BCUT2D eigenvalue weighted by Crippen LogP contribution is 2.33. The van der Waals surface area contributed by atoms with Crippen LogP contribution < -0.4 is 14.2 Å². The molecular weight excluding hydrogens is 472 g/mol. The SMILES string of the molecule is C=CCN1C(=O)NC(=O)/C(=C/c2ccc(OS(=O)(=O)c3cccc4ccccc34)c(OC)c2)C1=O. The summed E-state index contributed by atoms with van der Waals surface area (Å²) >= 11 is 0. The van der Waals surface area contributed by atoms with Crippen LogP contribution in [0.2, 0.25) is 0 Å². The quantitative estimate of drug-likeness (QED) is 0.233. The Bertz CT molecular complexity index is 1500. The normalized spacial score (nSPS) is 15.3. The molecule has 9 nitrogen and oxygen atoms in total. The minimum Gasteiger partial charge on any atom is -0.493 e. The molecule has 0 bridgehead atoms. The predicted molar refractivity (Wildman–Crippen MR) is 128 cm³/mol. The first-order chi connectivity index (χ1) is 16.7. The first-order valence-corrected chi connectivity index (χ1v) is 11.8. The van der Waals surface area contributed by atoms with Crippen LogP contribution in [0.1, 0.15) is 5.56 Å². The zero-order valence-electron chi connectivity index (χ0n) is 18.6. The molecule has 0 aromatic heterocycles. The van der Waals surface area contributed by atoms with Gasteiger partial charge in [0.1, 0.15) is 10.5 Å². The Balaban J connectivity index is 1.67. The van der Waals surface area contributed by atoms with Gasteiger partial charge in [0.05, 0.1) is 7.11 Å². The molecule has 0 saturated carbocycles. The van der Waals surface area contributed by atoms with Gasteiger partial charge in [0.15, 0.2) is 11.5 Å². The van der Waals surface area contributed by atoms with Crippen molar-refractivity contribution in [2.75, 3.05) is 13.7 Å². The van der Waals surface area contributed by atoms with E-state index in [0.717, 1.165) is 10.3 Å². The van der Waals surface area contributed by atoms with Gasteiger partial charge in [-0.25, -0.2) is 4.79 Å². The second-order valence-corrected chi connectivity index (χ2v) is 8.96. The maximum atomic E-state index is 13.1. The molecule has 1 N–H and O–H groups in total. The molecule has 3 aromatic carbocycles. The van der Waals surface area contributed by atoms with Crippen LogP contribution in [0.3, 0.4) is 0 Å². The Morgan fingerprint density at radius 2 is 1.74 bits per heavy atom. The summed E-state index contributed by atoms with van der Waals surface area (Å²) in [6, 6.07) is 15.3. The number of barbiturate groups is 1. The molecule has 4 amide bonds. The smallest absolute Gasteiger partial charge is 0.339 e. The molecule has 1 aliphatic heterocycles. The molecule has 178 valence electrons. The van der Waals surface area contributed by atoms with E-state index in [1.54, 1.807) is 36.4 Å². The van der Waals surface area contributed by atoms with Crippen LogP contribution in [0.5, 0.6) is 11.5 Å². The fourth-order valence-electron chi connectivity index (χ4n) is 3.58. The van der Waals surface area contributed by atoms with E-state index in [2.05, 4.69) is 11.9 Å². The number of carbonyl (C=O) groups excluding carboxylic acids is 3. The second kappa shape index (κ2) is 9.43. The number of hydrogen-bond donors (Lipinski definition) is 1. The molecule has 10 heteroatoms. The summed E-state index contributed by atoms with van der Waals surface area (Å²) in [5.41, 5.74) is 0.0775. The van der Waals surface area contributed by atoms with Gasteiger partial charge < -0.3 is 8.92 Å². The number of carbonyl (C=O) groups is 3. The van der Waals surface area contributed by atoms with Crippen LogP contribution in [-0.4, -0.2) is 44.8 Å². The van der Waals surface area contributed by atoms with Crippen LogP contribution in [0.15, 0.2) is 83.8 Å². The third kappa shape index (κ3) is 4.64. The maximum Gasteiger partial charge on any atom is 0.339 e. The van der Waals surface area contributed by atoms with Crippen molar-refractivity contribution in [3.05, 3.63) is 84.5 Å². The van der Waals surface area contributed by atoms with Crippen molar-refractivity contribution < 1.29 is 31.7 Å². The molecule has 1 fully saturated rings. The van der Waals surface area contributed by atoms with Crippen molar-refractivity contribution >= 4 is 44.8 Å². The number of benzene rings is 3. The number of imide groups is 2. The topological polar surface area (TPSA) is 119 Å². The first kappa shape index (κ1) is 23.7. The van der Waals surface area contributed by atoms with Crippen molar-refractivity contribution in [1.82, 2.24) is 10.2 Å². The summed E-state index contributed by atoms with van der Waals surface area (Å²) in [4.78, 5) is 37.6. The van der Waals surface area contributed by atoms with E-state index in [4.69, 9.17) is 8.92 Å². The van der Waals surface area contributed by atoms with E-state index in [-0.39, 0.29) is 28.5 Å². The maximum absolute atomic E-state index is 13.1. The predicted octanol–water partition coefficient (Wildman–Crippen LogP) is 3.26. The zero-order valence-corrected chi connectivity index (χ0v) is 19.4. The summed E-state index contributed by atoms with van der Waals surface area (Å²) in [5, 5.41) is 3.35. The molecule has 4 rings (SSSR count). The molecule has 3 aromatic rings. The summed E-state index contributed by atoms with van der Waals surface area (Å²) in [6.07, 6.45) is 2.63. The highest BCUT2D eigenvalue weighted by atomic mass is 32.2. The number of rotatable bonds is 7. The molecule has 0 unspecified atom stereocenters. The van der Waals surface area contributed by atoms with Crippen molar-refractivity contribution in [2.45, 2.75) is 4.90 Å². The fraction of sp³-hybridized carbons (Fsp3) is 0.0800. The lowest BCUT2D eigenvalue weighted by Gasteiger charge is -2.25. The Morgan fingerprint density at radius 1 is 1.00 bits per heavy atom. The van der Waals surface area contributed by atoms with Gasteiger partial charge in [0.25, 0.3) is 11.8 Å².